The smallest absolute Gasteiger partial charge is 0.343 e. The predicted molar refractivity (Wildman–Crippen MR) is 124 cm³/mol. The zero-order valence-electron chi connectivity index (χ0n) is 17.8. The van der Waals surface area contributed by atoms with Crippen molar-refractivity contribution in [1.82, 2.24) is 0 Å². The topological polar surface area (TPSA) is 65.7 Å². The van der Waals surface area contributed by atoms with Gasteiger partial charge in [-0.3, -0.25) is 4.79 Å². The van der Waals surface area contributed by atoms with Gasteiger partial charge in [0.25, 0.3) is 0 Å². The van der Waals surface area contributed by atoms with Gasteiger partial charge >= 0.3 is 5.97 Å². The van der Waals surface area contributed by atoms with Gasteiger partial charge in [-0.2, -0.15) is 0 Å². The van der Waals surface area contributed by atoms with Crippen LogP contribution in [0.25, 0.3) is 22.3 Å². The average molecular weight is 426 g/mol. The monoisotopic (exact) mass is 426 g/mol. The molecule has 0 aliphatic heterocycles. The fourth-order valence-electron chi connectivity index (χ4n) is 3.18. The van der Waals surface area contributed by atoms with Crippen LogP contribution in [0.3, 0.4) is 0 Å². The van der Waals surface area contributed by atoms with Crippen LogP contribution in [0.2, 0.25) is 0 Å². The van der Waals surface area contributed by atoms with Crippen LogP contribution in [0.5, 0.6) is 11.5 Å². The average Bonchev–Trinajstić information content (AvgIpc) is 2.79. The molecule has 0 saturated heterocycles. The van der Waals surface area contributed by atoms with Gasteiger partial charge in [0, 0.05) is 23.8 Å². The Kier molecular flexibility index (Phi) is 6.17. The number of fused-ring (bicyclic) bond motifs is 1. The zero-order chi connectivity index (χ0) is 22.5. The fraction of sp³-hybridized carbons (Fsp3) is 0.111. The van der Waals surface area contributed by atoms with Crippen LogP contribution >= 0.6 is 0 Å². The highest BCUT2D eigenvalue weighted by Gasteiger charge is 2.16. The van der Waals surface area contributed by atoms with Gasteiger partial charge in [-0.15, -0.1) is 0 Å². The lowest BCUT2D eigenvalue weighted by Crippen LogP contribution is -2.10. The minimum Gasteiger partial charge on any atom is -0.488 e. The Balaban J connectivity index is 1.80. The highest BCUT2D eigenvalue weighted by Crippen LogP contribution is 2.32. The summed E-state index contributed by atoms with van der Waals surface area (Å²) in [7, 11) is 0. The minimum absolute atomic E-state index is 0.229. The van der Waals surface area contributed by atoms with Crippen molar-refractivity contribution in [2.75, 3.05) is 6.61 Å². The Morgan fingerprint density at radius 1 is 0.938 bits per heavy atom. The molecule has 1 aromatic heterocycles. The first-order valence-electron chi connectivity index (χ1n) is 10.2. The van der Waals surface area contributed by atoms with E-state index in [9.17, 15) is 9.59 Å². The molecule has 0 spiro atoms. The lowest BCUT2D eigenvalue weighted by molar-refractivity contribution is 0.0734. The summed E-state index contributed by atoms with van der Waals surface area (Å²) in [5.41, 5.74) is 2.31. The molecule has 0 bridgehead atoms. The second-order valence-electron chi connectivity index (χ2n) is 7.48. The molecular formula is C27H22O5. The number of ether oxygens (including phenoxy) is 2. The first kappa shape index (κ1) is 21.1. The third-order valence-electron chi connectivity index (χ3n) is 4.78. The van der Waals surface area contributed by atoms with Crippen molar-refractivity contribution < 1.29 is 18.7 Å². The number of hydrogen-bond acceptors (Lipinski definition) is 5. The zero-order valence-corrected chi connectivity index (χ0v) is 17.8. The van der Waals surface area contributed by atoms with Crippen molar-refractivity contribution in [1.29, 1.82) is 0 Å². The second-order valence-corrected chi connectivity index (χ2v) is 7.48. The number of esters is 1. The Bertz CT molecular complexity index is 1330. The first-order valence-corrected chi connectivity index (χ1v) is 10.2. The van der Waals surface area contributed by atoms with Crippen LogP contribution in [-0.2, 0) is 0 Å². The highest BCUT2D eigenvalue weighted by atomic mass is 16.5. The Labute approximate surface area is 185 Å². The molecule has 4 aromatic rings. The minimum atomic E-state index is -0.512. The van der Waals surface area contributed by atoms with Crippen molar-refractivity contribution >= 4 is 16.9 Å². The summed E-state index contributed by atoms with van der Waals surface area (Å²) >= 11 is 0. The maximum Gasteiger partial charge on any atom is 0.343 e. The molecule has 3 aromatic carbocycles. The summed E-state index contributed by atoms with van der Waals surface area (Å²) in [6, 6.07) is 22.5. The molecule has 0 unspecified atom stereocenters. The van der Waals surface area contributed by atoms with Crippen molar-refractivity contribution in [3.05, 3.63) is 106 Å². The van der Waals surface area contributed by atoms with Gasteiger partial charge in [0.2, 0.25) is 0 Å². The van der Waals surface area contributed by atoms with E-state index in [2.05, 4.69) is 0 Å². The van der Waals surface area contributed by atoms with Crippen molar-refractivity contribution in [3.8, 4) is 22.8 Å². The van der Waals surface area contributed by atoms with E-state index in [0.717, 1.165) is 11.1 Å². The van der Waals surface area contributed by atoms with E-state index >= 15 is 0 Å². The van der Waals surface area contributed by atoms with Gasteiger partial charge < -0.3 is 13.9 Å². The van der Waals surface area contributed by atoms with Crippen molar-refractivity contribution in [2.45, 2.75) is 13.8 Å². The molecule has 0 aliphatic rings. The molecule has 0 aliphatic carbocycles. The highest BCUT2D eigenvalue weighted by molar-refractivity contribution is 5.92. The van der Waals surface area contributed by atoms with E-state index in [4.69, 9.17) is 13.9 Å². The van der Waals surface area contributed by atoms with Crippen LogP contribution in [0.4, 0.5) is 0 Å². The Hall–Kier alpha value is -4.12. The lowest BCUT2D eigenvalue weighted by atomic mass is 10.1. The molecule has 4 rings (SSSR count). The number of hydrogen-bond donors (Lipinski definition) is 0. The summed E-state index contributed by atoms with van der Waals surface area (Å²) in [4.78, 5) is 25.5. The summed E-state index contributed by atoms with van der Waals surface area (Å²) in [5, 5.41) is 0.298. The van der Waals surface area contributed by atoms with E-state index in [-0.39, 0.29) is 23.4 Å². The largest absolute Gasteiger partial charge is 0.488 e. The van der Waals surface area contributed by atoms with Gasteiger partial charge in [-0.05, 0) is 32.1 Å². The molecule has 0 atom stereocenters. The molecule has 32 heavy (non-hydrogen) atoms. The van der Waals surface area contributed by atoms with Gasteiger partial charge in [0.05, 0.1) is 5.56 Å². The third-order valence-corrected chi connectivity index (χ3v) is 4.78. The molecule has 0 fully saturated rings. The van der Waals surface area contributed by atoms with Gasteiger partial charge in [0.1, 0.15) is 34.8 Å². The molecule has 5 nitrogen and oxygen atoms in total. The maximum atomic E-state index is 13.0. The number of carbonyl (C=O) groups is 1. The van der Waals surface area contributed by atoms with Crippen LogP contribution in [0.1, 0.15) is 24.2 Å². The Morgan fingerprint density at radius 3 is 2.31 bits per heavy atom. The second kappa shape index (κ2) is 9.35. The van der Waals surface area contributed by atoms with Crippen LogP contribution in [-0.4, -0.2) is 12.6 Å². The van der Waals surface area contributed by atoms with Gasteiger partial charge in [0.15, 0.2) is 5.43 Å². The van der Waals surface area contributed by atoms with Crippen LogP contribution in [0.15, 0.2) is 99.7 Å². The SMILES string of the molecule is CC(C)=CCOc1cc(OC(=O)c2ccccc2)cc2oc(-c3ccccc3)cc(=O)c12. The van der Waals surface area contributed by atoms with E-state index in [1.165, 1.54) is 12.1 Å². The van der Waals surface area contributed by atoms with Crippen LogP contribution in [0, 0.1) is 0 Å². The number of benzene rings is 3. The van der Waals surface area contributed by atoms with E-state index in [0.29, 0.717) is 22.5 Å². The maximum absolute atomic E-state index is 13.0. The third kappa shape index (κ3) is 4.78. The predicted octanol–water partition coefficient (Wildman–Crippen LogP) is 6.02. The molecular weight excluding hydrogens is 404 g/mol. The fourth-order valence-corrected chi connectivity index (χ4v) is 3.18. The number of rotatable bonds is 6. The molecule has 5 heteroatoms. The van der Waals surface area contributed by atoms with E-state index < -0.39 is 5.97 Å². The summed E-state index contributed by atoms with van der Waals surface area (Å²) < 4.78 is 17.5. The lowest BCUT2D eigenvalue weighted by Gasteiger charge is -2.12. The molecule has 0 N–H and O–H groups in total. The summed E-state index contributed by atoms with van der Waals surface area (Å²) in [6.45, 7) is 4.19. The normalized spacial score (nSPS) is 10.6. The standard InChI is InChI=1S/C27H22O5/c1-18(2)13-14-30-24-15-21(31-27(29)20-11-7-4-8-12-20)16-25-26(24)22(28)17-23(32-25)19-9-5-3-6-10-19/h3-13,15-17H,14H2,1-2H3. The molecule has 0 saturated carbocycles. The van der Waals surface area contributed by atoms with Gasteiger partial charge in [-0.1, -0.05) is 54.1 Å². The van der Waals surface area contributed by atoms with Crippen molar-refractivity contribution in [2.24, 2.45) is 0 Å². The van der Waals surface area contributed by atoms with Gasteiger partial charge in [-0.25, -0.2) is 4.79 Å². The molecule has 1 heterocycles. The first-order chi connectivity index (χ1) is 15.5. The summed E-state index contributed by atoms with van der Waals surface area (Å²) in [5.74, 6) is 0.433. The number of allylic oxidation sites excluding steroid dienone is 1. The molecule has 160 valence electrons. The number of carbonyl (C=O) groups excluding carboxylic acids is 1. The molecule has 0 amide bonds. The van der Waals surface area contributed by atoms with Crippen LogP contribution < -0.4 is 14.9 Å². The van der Waals surface area contributed by atoms with E-state index in [1.54, 1.807) is 30.3 Å². The Morgan fingerprint density at radius 2 is 1.62 bits per heavy atom. The van der Waals surface area contributed by atoms with E-state index in [1.807, 2.05) is 56.3 Å². The van der Waals surface area contributed by atoms with Crippen molar-refractivity contribution in [3.63, 3.8) is 0 Å². The summed E-state index contributed by atoms with van der Waals surface area (Å²) in [6.07, 6.45) is 1.90. The molecule has 0 radical (unpaired) electrons. The quantitative estimate of drug-likeness (QED) is 0.214.